The lowest BCUT2D eigenvalue weighted by molar-refractivity contribution is -0.131. The smallest absolute Gasteiger partial charge is 0.407 e. The summed E-state index contributed by atoms with van der Waals surface area (Å²) in [6.07, 6.45) is -2.74. The van der Waals surface area contributed by atoms with Crippen molar-refractivity contribution in [2.45, 2.75) is 58.1 Å². The van der Waals surface area contributed by atoms with Crippen molar-refractivity contribution in [2.24, 2.45) is 11.1 Å². The van der Waals surface area contributed by atoms with Crippen LogP contribution < -0.4 is 21.7 Å². The number of carbonyl (C=O) groups excluding carboxylic acids is 3. The fraction of sp³-hybridized carbons (Fsp3) is 0.382. The van der Waals surface area contributed by atoms with Gasteiger partial charge in [0.15, 0.2) is 0 Å². The second-order valence-corrected chi connectivity index (χ2v) is 11.8. The molecule has 46 heavy (non-hydrogen) atoms. The van der Waals surface area contributed by atoms with E-state index in [9.17, 15) is 28.3 Å². The zero-order valence-electron chi connectivity index (χ0n) is 26.0. The standard InChI is InChI=1S/C34H42F2N4O6/c1-34(2,22-39-32(43)31(42)29(37)20-45-18-23-9-5-3-6-10-23)21-38-30(41)17-27(16-25-15-26(35)13-14-28(25)36)40-33(44)46-19-24-11-7-4-8-12-24/h3-15,27,29,31,42H,16-22,37H2,1-2H3,(H,38,41)(H,39,43)(H,40,44)/t27-,29-,31+/m1/s1. The minimum atomic E-state index is -1.50. The topological polar surface area (TPSA) is 152 Å². The molecule has 0 unspecified atom stereocenters. The van der Waals surface area contributed by atoms with Gasteiger partial charge >= 0.3 is 6.09 Å². The lowest BCUT2D eigenvalue weighted by Crippen LogP contribution is -2.51. The van der Waals surface area contributed by atoms with Gasteiger partial charge in [-0.05, 0) is 46.7 Å². The summed E-state index contributed by atoms with van der Waals surface area (Å²) in [4.78, 5) is 38.0. The lowest BCUT2D eigenvalue weighted by Gasteiger charge is -2.27. The van der Waals surface area contributed by atoms with Crippen LogP contribution in [0, 0.1) is 17.0 Å². The van der Waals surface area contributed by atoms with Crippen LogP contribution in [0.5, 0.6) is 0 Å². The van der Waals surface area contributed by atoms with Crippen LogP contribution in [0.3, 0.4) is 0 Å². The van der Waals surface area contributed by atoms with E-state index in [1.807, 2.05) is 36.4 Å². The Morgan fingerprint density at radius 3 is 2.15 bits per heavy atom. The van der Waals surface area contributed by atoms with Crippen LogP contribution in [-0.4, -0.2) is 60.9 Å². The van der Waals surface area contributed by atoms with Gasteiger partial charge in [-0.3, -0.25) is 9.59 Å². The second-order valence-electron chi connectivity index (χ2n) is 11.8. The summed E-state index contributed by atoms with van der Waals surface area (Å²) in [5, 5.41) is 18.3. The number of aliphatic hydroxyl groups excluding tert-OH is 1. The molecule has 3 aromatic carbocycles. The summed E-state index contributed by atoms with van der Waals surface area (Å²) in [5.41, 5.74) is 6.98. The number of aliphatic hydroxyl groups is 1. The van der Waals surface area contributed by atoms with Crippen LogP contribution in [0.15, 0.2) is 78.9 Å². The molecular weight excluding hydrogens is 598 g/mol. The molecule has 3 rings (SSSR count). The number of ether oxygens (including phenoxy) is 2. The van der Waals surface area contributed by atoms with Crippen LogP contribution in [0.2, 0.25) is 0 Å². The maximum atomic E-state index is 14.4. The highest BCUT2D eigenvalue weighted by atomic mass is 19.1. The summed E-state index contributed by atoms with van der Waals surface area (Å²) in [7, 11) is 0. The Bertz CT molecular complexity index is 1410. The van der Waals surface area contributed by atoms with Gasteiger partial charge in [-0.1, -0.05) is 74.5 Å². The van der Waals surface area contributed by atoms with Crippen molar-refractivity contribution >= 4 is 17.9 Å². The largest absolute Gasteiger partial charge is 0.445 e. The molecular formula is C34H42F2N4O6. The van der Waals surface area contributed by atoms with Crippen molar-refractivity contribution < 1.29 is 37.7 Å². The predicted octanol–water partition coefficient (Wildman–Crippen LogP) is 3.36. The second kappa shape index (κ2) is 17.9. The third-order valence-electron chi connectivity index (χ3n) is 7.04. The highest BCUT2D eigenvalue weighted by Gasteiger charge is 2.27. The average molecular weight is 641 g/mol. The molecule has 3 atom stereocenters. The predicted molar refractivity (Wildman–Crippen MR) is 168 cm³/mol. The van der Waals surface area contributed by atoms with Crippen LogP contribution in [0.1, 0.15) is 37.0 Å². The average Bonchev–Trinajstić information content (AvgIpc) is 3.04. The molecule has 0 bridgehead atoms. The van der Waals surface area contributed by atoms with Crippen molar-refractivity contribution in [3.63, 3.8) is 0 Å². The number of benzene rings is 3. The third kappa shape index (κ3) is 12.9. The minimum absolute atomic E-state index is 0.00793. The molecule has 3 aromatic rings. The van der Waals surface area contributed by atoms with Gasteiger partial charge in [0.1, 0.15) is 24.3 Å². The van der Waals surface area contributed by atoms with Gasteiger partial charge in [-0.25, -0.2) is 13.6 Å². The van der Waals surface area contributed by atoms with E-state index < -0.39 is 53.1 Å². The van der Waals surface area contributed by atoms with Crippen molar-refractivity contribution in [1.29, 1.82) is 0 Å². The first-order valence-electron chi connectivity index (χ1n) is 14.9. The number of carbonyl (C=O) groups is 3. The molecule has 12 heteroatoms. The summed E-state index contributed by atoms with van der Waals surface area (Å²) < 4.78 is 39.0. The number of halogens is 2. The van der Waals surface area contributed by atoms with Crippen molar-refractivity contribution in [3.8, 4) is 0 Å². The van der Waals surface area contributed by atoms with E-state index in [0.717, 1.165) is 29.3 Å². The molecule has 0 aliphatic carbocycles. The SMILES string of the molecule is CC(C)(CNC(=O)C[C@@H](Cc1cc(F)ccc1F)NC(=O)OCc1ccccc1)CNC(=O)[C@@H](O)[C@H](N)COCc1ccccc1. The molecule has 0 radical (unpaired) electrons. The molecule has 0 saturated heterocycles. The highest BCUT2D eigenvalue weighted by Crippen LogP contribution is 2.15. The number of alkyl carbamates (subject to hydrolysis) is 1. The molecule has 3 amide bonds. The summed E-state index contributed by atoms with van der Waals surface area (Å²) in [5.74, 6) is -2.47. The molecule has 248 valence electrons. The normalized spacial score (nSPS) is 13.3. The summed E-state index contributed by atoms with van der Waals surface area (Å²) >= 11 is 0. The van der Waals surface area contributed by atoms with E-state index in [-0.39, 0.29) is 51.3 Å². The first kappa shape index (κ1) is 36.1. The Labute approximate surface area is 267 Å². The maximum absolute atomic E-state index is 14.4. The molecule has 0 aliphatic rings. The molecule has 0 spiro atoms. The Kier molecular flexibility index (Phi) is 14.1. The van der Waals surface area contributed by atoms with E-state index in [1.54, 1.807) is 38.1 Å². The molecule has 0 aliphatic heterocycles. The maximum Gasteiger partial charge on any atom is 0.407 e. The zero-order valence-corrected chi connectivity index (χ0v) is 26.0. The Morgan fingerprint density at radius 1 is 0.891 bits per heavy atom. The molecule has 0 aromatic heterocycles. The quantitative estimate of drug-likeness (QED) is 0.152. The highest BCUT2D eigenvalue weighted by molar-refractivity contribution is 5.81. The number of amides is 3. The van der Waals surface area contributed by atoms with Crippen LogP contribution in [-0.2, 0) is 38.7 Å². The molecule has 10 nitrogen and oxygen atoms in total. The van der Waals surface area contributed by atoms with E-state index in [1.165, 1.54) is 0 Å². The lowest BCUT2D eigenvalue weighted by atomic mass is 9.93. The van der Waals surface area contributed by atoms with Crippen LogP contribution in [0.25, 0.3) is 0 Å². The number of hydrogen-bond donors (Lipinski definition) is 5. The van der Waals surface area contributed by atoms with E-state index >= 15 is 0 Å². The Hall–Kier alpha value is -4.39. The first-order chi connectivity index (χ1) is 21.9. The molecule has 6 N–H and O–H groups in total. The number of hydrogen-bond acceptors (Lipinski definition) is 7. The van der Waals surface area contributed by atoms with E-state index in [2.05, 4.69) is 16.0 Å². The Morgan fingerprint density at radius 2 is 1.50 bits per heavy atom. The number of nitrogens with one attached hydrogen (secondary N) is 3. The van der Waals surface area contributed by atoms with Gasteiger partial charge in [-0.15, -0.1) is 0 Å². The first-order valence-corrected chi connectivity index (χ1v) is 14.9. The van der Waals surface area contributed by atoms with Gasteiger partial charge < -0.3 is 36.3 Å². The van der Waals surface area contributed by atoms with E-state index in [0.29, 0.717) is 0 Å². The monoisotopic (exact) mass is 640 g/mol. The number of rotatable bonds is 17. The summed E-state index contributed by atoms with van der Waals surface area (Å²) in [6, 6.07) is 19.5. The number of nitrogens with two attached hydrogens (primary N) is 1. The molecule has 0 saturated carbocycles. The van der Waals surface area contributed by atoms with Gasteiger partial charge in [-0.2, -0.15) is 0 Å². The zero-order chi connectivity index (χ0) is 33.5. The minimum Gasteiger partial charge on any atom is -0.445 e. The third-order valence-corrected chi connectivity index (χ3v) is 7.04. The molecule has 0 fully saturated rings. The fourth-order valence-electron chi connectivity index (χ4n) is 4.37. The van der Waals surface area contributed by atoms with E-state index in [4.69, 9.17) is 15.2 Å². The van der Waals surface area contributed by atoms with Gasteiger partial charge in [0.05, 0.1) is 19.3 Å². The fourth-order valence-corrected chi connectivity index (χ4v) is 4.37. The van der Waals surface area contributed by atoms with Crippen molar-refractivity contribution in [3.05, 3.63) is 107 Å². The van der Waals surface area contributed by atoms with Crippen molar-refractivity contribution in [2.75, 3.05) is 19.7 Å². The van der Waals surface area contributed by atoms with Gasteiger partial charge in [0, 0.05) is 25.6 Å². The van der Waals surface area contributed by atoms with Crippen molar-refractivity contribution in [1.82, 2.24) is 16.0 Å². The van der Waals surface area contributed by atoms with Gasteiger partial charge in [0.2, 0.25) is 5.91 Å². The Balaban J connectivity index is 1.48. The van der Waals surface area contributed by atoms with Gasteiger partial charge in [0.25, 0.3) is 5.91 Å². The molecule has 0 heterocycles. The summed E-state index contributed by atoms with van der Waals surface area (Å²) in [6.45, 7) is 4.05. The van der Waals surface area contributed by atoms with Crippen LogP contribution >= 0.6 is 0 Å². The van der Waals surface area contributed by atoms with Crippen LogP contribution in [0.4, 0.5) is 13.6 Å².